The van der Waals surface area contributed by atoms with E-state index in [-0.39, 0.29) is 12.3 Å². The maximum absolute atomic E-state index is 11.8. The first-order chi connectivity index (χ1) is 9.16. The molecule has 0 radical (unpaired) electrons. The zero-order valence-electron chi connectivity index (χ0n) is 11.0. The van der Waals surface area contributed by atoms with Crippen LogP contribution < -0.4 is 4.90 Å². The van der Waals surface area contributed by atoms with Gasteiger partial charge in [0, 0.05) is 25.1 Å². The predicted octanol–water partition coefficient (Wildman–Crippen LogP) is 2.61. The van der Waals surface area contributed by atoms with Crippen molar-refractivity contribution < 1.29 is 14.7 Å². The molecule has 0 unspecified atom stereocenters. The molecule has 0 atom stereocenters. The van der Waals surface area contributed by atoms with Crippen LogP contribution in [0.5, 0.6) is 0 Å². The standard InChI is InChI=1S/C15H19NO3/c17-14-5-1-2-11-16(14)13-9-7-12(8-10-13)4-3-6-15(18)19/h7-10H,1-6,11H2,(H,18,19). The van der Waals surface area contributed by atoms with Crippen LogP contribution in [0, 0.1) is 0 Å². The number of piperidine rings is 1. The Morgan fingerprint density at radius 2 is 1.95 bits per heavy atom. The van der Waals surface area contributed by atoms with E-state index in [1.165, 1.54) is 0 Å². The fraction of sp³-hybridized carbons (Fsp3) is 0.467. The quantitative estimate of drug-likeness (QED) is 0.886. The Balaban J connectivity index is 1.94. The monoisotopic (exact) mass is 261 g/mol. The van der Waals surface area contributed by atoms with Crippen molar-refractivity contribution in [2.24, 2.45) is 0 Å². The topological polar surface area (TPSA) is 57.6 Å². The number of amides is 1. The lowest BCUT2D eigenvalue weighted by Gasteiger charge is -2.26. The highest BCUT2D eigenvalue weighted by atomic mass is 16.4. The Bertz CT molecular complexity index is 453. The van der Waals surface area contributed by atoms with E-state index < -0.39 is 5.97 Å². The number of aliphatic carboxylic acids is 1. The molecule has 4 heteroatoms. The molecule has 1 saturated heterocycles. The lowest BCUT2D eigenvalue weighted by atomic mass is 10.1. The van der Waals surface area contributed by atoms with Crippen molar-refractivity contribution in [2.45, 2.75) is 38.5 Å². The summed E-state index contributed by atoms with van der Waals surface area (Å²) < 4.78 is 0. The molecule has 0 spiro atoms. The summed E-state index contributed by atoms with van der Waals surface area (Å²) in [5.41, 5.74) is 2.07. The molecule has 1 aromatic carbocycles. The summed E-state index contributed by atoms with van der Waals surface area (Å²) in [6, 6.07) is 7.89. The second-order valence-corrected chi connectivity index (χ2v) is 4.92. The molecule has 0 aromatic heterocycles. The van der Waals surface area contributed by atoms with Crippen molar-refractivity contribution in [3.8, 4) is 0 Å². The molecule has 1 heterocycles. The van der Waals surface area contributed by atoms with Gasteiger partial charge in [0.05, 0.1) is 0 Å². The molecule has 1 amide bonds. The molecule has 1 aliphatic heterocycles. The Kier molecular flexibility index (Phi) is 4.55. The first-order valence-corrected chi connectivity index (χ1v) is 6.78. The lowest BCUT2D eigenvalue weighted by molar-refractivity contribution is -0.137. The lowest BCUT2D eigenvalue weighted by Crippen LogP contribution is -2.35. The highest BCUT2D eigenvalue weighted by molar-refractivity contribution is 5.93. The fourth-order valence-corrected chi connectivity index (χ4v) is 2.37. The largest absolute Gasteiger partial charge is 0.481 e. The van der Waals surface area contributed by atoms with Gasteiger partial charge in [-0.2, -0.15) is 0 Å². The van der Waals surface area contributed by atoms with Crippen molar-refractivity contribution in [3.05, 3.63) is 29.8 Å². The number of rotatable bonds is 5. The second kappa shape index (κ2) is 6.36. The van der Waals surface area contributed by atoms with E-state index in [2.05, 4.69) is 0 Å². The maximum atomic E-state index is 11.8. The van der Waals surface area contributed by atoms with Gasteiger partial charge in [0.25, 0.3) is 0 Å². The van der Waals surface area contributed by atoms with Crippen LogP contribution in [0.1, 0.15) is 37.7 Å². The minimum absolute atomic E-state index is 0.199. The fourth-order valence-electron chi connectivity index (χ4n) is 2.37. The summed E-state index contributed by atoms with van der Waals surface area (Å²) in [4.78, 5) is 24.1. The van der Waals surface area contributed by atoms with Crippen molar-refractivity contribution in [3.63, 3.8) is 0 Å². The van der Waals surface area contributed by atoms with Crippen LogP contribution in [-0.4, -0.2) is 23.5 Å². The van der Waals surface area contributed by atoms with E-state index in [0.29, 0.717) is 12.8 Å². The molecule has 1 N–H and O–H groups in total. The van der Waals surface area contributed by atoms with E-state index in [0.717, 1.165) is 37.1 Å². The second-order valence-electron chi connectivity index (χ2n) is 4.92. The Morgan fingerprint density at radius 3 is 2.58 bits per heavy atom. The Hall–Kier alpha value is -1.84. The van der Waals surface area contributed by atoms with Crippen molar-refractivity contribution in [1.82, 2.24) is 0 Å². The third kappa shape index (κ3) is 3.81. The minimum Gasteiger partial charge on any atom is -0.481 e. The average Bonchev–Trinajstić information content (AvgIpc) is 2.40. The molecule has 1 fully saturated rings. The van der Waals surface area contributed by atoms with Crippen LogP contribution in [0.15, 0.2) is 24.3 Å². The van der Waals surface area contributed by atoms with Crippen molar-refractivity contribution >= 4 is 17.6 Å². The SMILES string of the molecule is O=C(O)CCCc1ccc(N2CCCCC2=O)cc1. The molecule has 4 nitrogen and oxygen atoms in total. The number of nitrogens with zero attached hydrogens (tertiary/aromatic N) is 1. The molecule has 0 saturated carbocycles. The van der Waals surface area contributed by atoms with E-state index in [1.807, 2.05) is 29.2 Å². The zero-order valence-corrected chi connectivity index (χ0v) is 11.0. The van der Waals surface area contributed by atoms with Gasteiger partial charge in [0.15, 0.2) is 0 Å². The molecule has 1 aliphatic rings. The predicted molar refractivity (Wildman–Crippen MR) is 73.2 cm³/mol. The summed E-state index contributed by atoms with van der Waals surface area (Å²) in [6.07, 6.45) is 4.30. The van der Waals surface area contributed by atoms with Crippen molar-refractivity contribution in [2.75, 3.05) is 11.4 Å². The van der Waals surface area contributed by atoms with Gasteiger partial charge in [0.1, 0.15) is 0 Å². The van der Waals surface area contributed by atoms with E-state index in [1.54, 1.807) is 0 Å². The summed E-state index contributed by atoms with van der Waals surface area (Å²) >= 11 is 0. The normalized spacial score (nSPS) is 15.6. The summed E-state index contributed by atoms with van der Waals surface area (Å²) in [5, 5.41) is 8.59. The number of benzene rings is 1. The smallest absolute Gasteiger partial charge is 0.303 e. The number of aryl methyl sites for hydroxylation is 1. The molecule has 0 aliphatic carbocycles. The number of anilines is 1. The molecule has 0 bridgehead atoms. The van der Waals surface area contributed by atoms with Gasteiger partial charge < -0.3 is 10.0 Å². The number of carboxylic acid groups (broad SMARTS) is 1. The van der Waals surface area contributed by atoms with Crippen LogP contribution in [0.25, 0.3) is 0 Å². The summed E-state index contributed by atoms with van der Waals surface area (Å²) in [6.45, 7) is 0.803. The summed E-state index contributed by atoms with van der Waals surface area (Å²) in [7, 11) is 0. The van der Waals surface area contributed by atoms with Crippen LogP contribution in [0.2, 0.25) is 0 Å². The van der Waals surface area contributed by atoms with Gasteiger partial charge >= 0.3 is 5.97 Å². The molecular weight excluding hydrogens is 242 g/mol. The van der Waals surface area contributed by atoms with Gasteiger partial charge in [-0.1, -0.05) is 12.1 Å². The third-order valence-corrected chi connectivity index (χ3v) is 3.43. The molecule has 19 heavy (non-hydrogen) atoms. The number of hydrogen-bond acceptors (Lipinski definition) is 2. The molecule has 1 aromatic rings. The first-order valence-electron chi connectivity index (χ1n) is 6.78. The zero-order chi connectivity index (χ0) is 13.7. The van der Waals surface area contributed by atoms with Gasteiger partial charge in [0.2, 0.25) is 5.91 Å². The van der Waals surface area contributed by atoms with Gasteiger partial charge in [-0.05, 0) is 43.4 Å². The maximum Gasteiger partial charge on any atom is 0.303 e. The first kappa shape index (κ1) is 13.6. The van der Waals surface area contributed by atoms with Crippen molar-refractivity contribution in [1.29, 1.82) is 0 Å². The number of carbonyl (C=O) groups is 2. The summed E-state index contributed by atoms with van der Waals surface area (Å²) in [5.74, 6) is -0.555. The number of hydrogen-bond donors (Lipinski definition) is 1. The van der Waals surface area contributed by atoms with Gasteiger partial charge in [-0.15, -0.1) is 0 Å². The van der Waals surface area contributed by atoms with Crippen LogP contribution in [-0.2, 0) is 16.0 Å². The molecule has 102 valence electrons. The van der Waals surface area contributed by atoms with Crippen LogP contribution >= 0.6 is 0 Å². The van der Waals surface area contributed by atoms with Gasteiger partial charge in [-0.3, -0.25) is 9.59 Å². The number of carboxylic acids is 1. The highest BCUT2D eigenvalue weighted by Gasteiger charge is 2.19. The van der Waals surface area contributed by atoms with Crippen LogP contribution in [0.4, 0.5) is 5.69 Å². The number of carbonyl (C=O) groups excluding carboxylic acids is 1. The highest BCUT2D eigenvalue weighted by Crippen LogP contribution is 2.21. The minimum atomic E-state index is -0.754. The van der Waals surface area contributed by atoms with E-state index in [9.17, 15) is 9.59 Å². The average molecular weight is 261 g/mol. The van der Waals surface area contributed by atoms with E-state index >= 15 is 0 Å². The Labute approximate surface area is 113 Å². The Morgan fingerprint density at radius 1 is 1.21 bits per heavy atom. The van der Waals surface area contributed by atoms with E-state index in [4.69, 9.17) is 5.11 Å². The molecular formula is C15H19NO3. The third-order valence-electron chi connectivity index (χ3n) is 3.43. The van der Waals surface area contributed by atoms with Crippen LogP contribution in [0.3, 0.4) is 0 Å². The molecule has 2 rings (SSSR count). The van der Waals surface area contributed by atoms with Gasteiger partial charge in [-0.25, -0.2) is 0 Å².